The van der Waals surface area contributed by atoms with Gasteiger partial charge in [-0.25, -0.2) is 13.8 Å². The van der Waals surface area contributed by atoms with Crippen molar-refractivity contribution in [1.82, 2.24) is 9.55 Å². The average Bonchev–Trinajstić information content (AvgIpc) is 3.59. The molecule has 0 radical (unpaired) electrons. The van der Waals surface area contributed by atoms with Crippen molar-refractivity contribution in [1.29, 1.82) is 5.26 Å². The van der Waals surface area contributed by atoms with Crippen molar-refractivity contribution in [2.24, 2.45) is 18.9 Å². The van der Waals surface area contributed by atoms with Gasteiger partial charge in [-0.3, -0.25) is 4.79 Å². The zero-order valence-corrected chi connectivity index (χ0v) is 23.6. The summed E-state index contributed by atoms with van der Waals surface area (Å²) < 4.78 is 28.6. The predicted octanol–water partition coefficient (Wildman–Crippen LogP) is 5.23. The lowest BCUT2D eigenvalue weighted by molar-refractivity contribution is -0.0214. The number of nitriles is 1. The number of amides is 1. The molecule has 1 aromatic heterocycles. The first-order chi connectivity index (χ1) is 19.9. The van der Waals surface area contributed by atoms with Crippen LogP contribution in [-0.2, 0) is 12.5 Å². The zero-order chi connectivity index (χ0) is 29.9. The lowest BCUT2D eigenvalue weighted by atomic mass is 9.57. The number of carbonyl (C=O) groups is 1. The van der Waals surface area contributed by atoms with Gasteiger partial charge in [0.1, 0.15) is 28.5 Å². The molecule has 3 aliphatic rings. The van der Waals surface area contributed by atoms with E-state index < -0.39 is 28.3 Å². The van der Waals surface area contributed by atoms with E-state index in [4.69, 9.17) is 11.6 Å². The molecule has 2 atom stereocenters. The van der Waals surface area contributed by atoms with E-state index in [1.807, 2.05) is 0 Å². The Balaban J connectivity index is 1.11. The Hall–Kier alpha value is -3.76. The Morgan fingerprint density at radius 3 is 2.33 bits per heavy atom. The highest BCUT2D eigenvalue weighted by atomic mass is 35.5. The summed E-state index contributed by atoms with van der Waals surface area (Å²) >= 11 is 5.86. The van der Waals surface area contributed by atoms with Crippen molar-refractivity contribution in [2.75, 3.05) is 5.32 Å². The number of hydrogen-bond donors (Lipinski definition) is 3. The third kappa shape index (κ3) is 5.07. The van der Waals surface area contributed by atoms with E-state index in [2.05, 4.69) is 28.2 Å². The Morgan fingerprint density at radius 1 is 1.07 bits per heavy atom. The van der Waals surface area contributed by atoms with Crippen LogP contribution in [0.25, 0.3) is 0 Å². The van der Waals surface area contributed by atoms with Gasteiger partial charge in [-0.15, -0.1) is 0 Å². The SMILES string of the molecule is Cn1cnc(C2CC3CC(O)(C#CC4(O)CC(C#N)(c5ccc(F)cc5)C4)CC3C2)c1C(=O)Nc1ccc(F)c(Cl)c1. The first-order valence-electron chi connectivity index (χ1n) is 13.9. The fourth-order valence-corrected chi connectivity index (χ4v) is 7.34. The highest BCUT2D eigenvalue weighted by molar-refractivity contribution is 6.31. The molecule has 42 heavy (non-hydrogen) atoms. The molecule has 0 bridgehead atoms. The van der Waals surface area contributed by atoms with Crippen LogP contribution in [0.15, 0.2) is 48.8 Å². The molecule has 10 heteroatoms. The van der Waals surface area contributed by atoms with Crippen molar-refractivity contribution in [3.63, 3.8) is 0 Å². The zero-order valence-electron chi connectivity index (χ0n) is 22.9. The number of aryl methyl sites for hydroxylation is 1. The van der Waals surface area contributed by atoms with E-state index in [1.54, 1.807) is 30.1 Å². The Labute approximate surface area is 247 Å². The number of hydrogen-bond acceptors (Lipinski definition) is 5. The minimum Gasteiger partial charge on any atom is -0.378 e. The molecule has 0 saturated heterocycles. The van der Waals surface area contributed by atoms with Crippen LogP contribution in [0.2, 0.25) is 5.02 Å². The van der Waals surface area contributed by atoms with Crippen molar-refractivity contribution in [3.8, 4) is 17.9 Å². The minimum absolute atomic E-state index is 0.0269. The molecule has 3 fully saturated rings. The van der Waals surface area contributed by atoms with Crippen LogP contribution in [0.1, 0.15) is 66.2 Å². The van der Waals surface area contributed by atoms with Gasteiger partial charge in [0.05, 0.1) is 28.5 Å². The predicted molar refractivity (Wildman–Crippen MR) is 151 cm³/mol. The van der Waals surface area contributed by atoms with Gasteiger partial charge in [0.2, 0.25) is 0 Å². The second-order valence-electron chi connectivity index (χ2n) is 12.1. The van der Waals surface area contributed by atoms with Gasteiger partial charge in [0.15, 0.2) is 0 Å². The van der Waals surface area contributed by atoms with Gasteiger partial charge in [-0.05, 0) is 73.4 Å². The molecule has 3 saturated carbocycles. The van der Waals surface area contributed by atoms with Crippen molar-refractivity contribution in [3.05, 3.63) is 82.4 Å². The number of rotatable bonds is 4. The van der Waals surface area contributed by atoms with Crippen LogP contribution in [0, 0.1) is 46.6 Å². The molecular weight excluding hydrogens is 562 g/mol. The summed E-state index contributed by atoms with van der Waals surface area (Å²) in [7, 11) is 1.75. The van der Waals surface area contributed by atoms with E-state index in [9.17, 15) is 29.1 Å². The van der Waals surface area contributed by atoms with Crippen molar-refractivity contribution < 1.29 is 23.8 Å². The molecule has 1 heterocycles. The van der Waals surface area contributed by atoms with Crippen molar-refractivity contribution >= 4 is 23.2 Å². The maximum absolute atomic E-state index is 13.5. The number of nitrogens with one attached hydrogen (secondary N) is 1. The van der Waals surface area contributed by atoms with Crippen LogP contribution in [-0.4, -0.2) is 36.9 Å². The van der Waals surface area contributed by atoms with Crippen LogP contribution in [0.4, 0.5) is 14.5 Å². The average molecular weight is 591 g/mol. The summed E-state index contributed by atoms with van der Waals surface area (Å²) in [6.07, 6.45) is 4.15. The van der Waals surface area contributed by atoms with Crippen LogP contribution in [0.3, 0.4) is 0 Å². The monoisotopic (exact) mass is 590 g/mol. The van der Waals surface area contributed by atoms with Gasteiger partial charge in [-0.2, -0.15) is 5.26 Å². The lowest BCUT2D eigenvalue weighted by Crippen LogP contribution is -2.53. The van der Waals surface area contributed by atoms with E-state index in [0.29, 0.717) is 35.5 Å². The first kappa shape index (κ1) is 28.4. The molecule has 3 N–H and O–H groups in total. The maximum Gasteiger partial charge on any atom is 0.274 e. The Morgan fingerprint density at radius 2 is 1.71 bits per heavy atom. The molecule has 2 aromatic carbocycles. The number of aromatic nitrogens is 2. The van der Waals surface area contributed by atoms with Crippen LogP contribution >= 0.6 is 11.6 Å². The second-order valence-corrected chi connectivity index (χ2v) is 12.5. The fraction of sp³-hybridized carbons (Fsp3) is 0.406. The number of imidazole rings is 1. The molecule has 0 spiro atoms. The highest BCUT2D eigenvalue weighted by Gasteiger charge is 2.56. The van der Waals surface area contributed by atoms with E-state index in [-0.39, 0.29) is 41.5 Å². The second kappa shape index (κ2) is 10.2. The summed E-state index contributed by atoms with van der Waals surface area (Å²) in [5, 5.41) is 34.8. The summed E-state index contributed by atoms with van der Waals surface area (Å²) in [6, 6.07) is 12.0. The highest BCUT2D eigenvalue weighted by Crippen LogP contribution is 2.54. The Kier molecular flexibility index (Phi) is 6.89. The minimum atomic E-state index is -1.40. The standard InChI is InChI=1S/C32H29ClF2N4O3/c1-39-18-37-27(28(39)29(40)38-24-6-7-26(35)25(33)12-24)19-10-20-13-31(41,14-21(20)11-19)8-9-32(42)15-30(16-32,17-36)22-2-4-23(34)5-3-22/h2-7,12,18-21,41-42H,10-11,13-16H2,1H3,(H,38,40). The van der Waals surface area contributed by atoms with E-state index in [0.717, 1.165) is 12.8 Å². The maximum atomic E-state index is 13.5. The van der Waals surface area contributed by atoms with Gasteiger partial charge in [0, 0.05) is 31.5 Å². The van der Waals surface area contributed by atoms with Crippen LogP contribution < -0.4 is 5.32 Å². The third-order valence-electron chi connectivity index (χ3n) is 9.11. The molecular formula is C32H29ClF2N4O3. The Bertz CT molecular complexity index is 1650. The molecule has 3 aromatic rings. The normalized spacial score (nSPS) is 31.4. The lowest BCUT2D eigenvalue weighted by Gasteiger charge is -2.46. The largest absolute Gasteiger partial charge is 0.378 e. The molecule has 3 aliphatic carbocycles. The third-order valence-corrected chi connectivity index (χ3v) is 9.40. The summed E-state index contributed by atoms with van der Waals surface area (Å²) in [5.74, 6) is 4.86. The van der Waals surface area contributed by atoms with Gasteiger partial charge in [-0.1, -0.05) is 35.6 Å². The summed E-state index contributed by atoms with van der Waals surface area (Å²) in [5.41, 5.74) is -1.46. The number of nitrogens with zero attached hydrogens (tertiary/aromatic N) is 3. The molecule has 216 valence electrons. The summed E-state index contributed by atoms with van der Waals surface area (Å²) in [6.45, 7) is 0. The number of fused-ring (bicyclic) bond motifs is 1. The van der Waals surface area contributed by atoms with Gasteiger partial charge in [0.25, 0.3) is 5.91 Å². The van der Waals surface area contributed by atoms with Gasteiger partial charge >= 0.3 is 0 Å². The van der Waals surface area contributed by atoms with Gasteiger partial charge < -0.3 is 20.1 Å². The summed E-state index contributed by atoms with van der Waals surface area (Å²) in [4.78, 5) is 17.7. The number of aliphatic hydroxyl groups is 2. The quantitative estimate of drug-likeness (QED) is 0.361. The molecule has 1 amide bonds. The fourth-order valence-electron chi connectivity index (χ4n) is 7.16. The number of halogens is 3. The van der Waals surface area contributed by atoms with E-state index in [1.165, 1.54) is 30.3 Å². The topological polar surface area (TPSA) is 111 Å². The molecule has 6 rings (SSSR count). The number of anilines is 1. The van der Waals surface area contributed by atoms with E-state index >= 15 is 0 Å². The smallest absolute Gasteiger partial charge is 0.274 e. The van der Waals surface area contributed by atoms with Crippen molar-refractivity contribution in [2.45, 2.75) is 61.1 Å². The first-order valence-corrected chi connectivity index (χ1v) is 14.2. The molecule has 7 nitrogen and oxygen atoms in total. The number of benzene rings is 2. The van der Waals surface area contributed by atoms with Crippen LogP contribution in [0.5, 0.6) is 0 Å². The number of carbonyl (C=O) groups excluding carboxylic acids is 1. The molecule has 0 aliphatic heterocycles. The molecule has 2 unspecified atom stereocenters.